The van der Waals surface area contributed by atoms with Gasteiger partial charge in [-0.1, -0.05) is 30.3 Å². The number of carbonyl (C=O) groups is 1. The van der Waals surface area contributed by atoms with Crippen LogP contribution in [0, 0.1) is 17.2 Å². The summed E-state index contributed by atoms with van der Waals surface area (Å²) in [4.78, 5) is 11.4. The van der Waals surface area contributed by atoms with Gasteiger partial charge in [0.1, 0.15) is 5.92 Å². The molecule has 0 amide bonds. The molecule has 0 saturated heterocycles. The number of Topliss-reactive ketones (excluding diaryl/α,β-unsaturated/α-hetero) is 1. The van der Waals surface area contributed by atoms with E-state index in [2.05, 4.69) is 18.2 Å². The average molecular weight is 231 g/mol. The van der Waals surface area contributed by atoms with Crippen LogP contribution in [0.1, 0.15) is 18.4 Å². The third-order valence-corrected chi connectivity index (χ3v) is 4.28. The van der Waals surface area contributed by atoms with E-state index >= 15 is 0 Å². The number of hydrogen-bond acceptors (Lipinski definition) is 3. The number of ketones is 1. The molecule has 2 rings (SSSR count). The second-order valence-corrected chi connectivity index (χ2v) is 5.17. The molecule has 2 nitrogen and oxygen atoms in total. The van der Waals surface area contributed by atoms with E-state index in [9.17, 15) is 4.79 Å². The van der Waals surface area contributed by atoms with Crippen LogP contribution in [0.25, 0.3) is 0 Å². The first-order chi connectivity index (χ1) is 7.81. The van der Waals surface area contributed by atoms with Gasteiger partial charge in [-0.2, -0.15) is 17.0 Å². The normalized spacial score (nSPS) is 24.3. The lowest BCUT2D eigenvalue weighted by Crippen LogP contribution is -2.14. The van der Waals surface area contributed by atoms with Crippen molar-refractivity contribution in [3.8, 4) is 6.07 Å². The average Bonchev–Trinajstić information content (AvgIpc) is 2.68. The Morgan fingerprint density at radius 1 is 1.38 bits per heavy atom. The molecule has 0 bridgehead atoms. The molecule has 3 heteroatoms. The second-order valence-electron chi connectivity index (χ2n) is 3.95. The van der Waals surface area contributed by atoms with Gasteiger partial charge in [0.05, 0.1) is 6.07 Å². The van der Waals surface area contributed by atoms with Gasteiger partial charge in [0.2, 0.25) is 0 Å². The highest BCUT2D eigenvalue weighted by Gasteiger charge is 2.34. The molecule has 1 aromatic carbocycles. The zero-order valence-corrected chi connectivity index (χ0v) is 9.74. The molecule has 2 atom stereocenters. The minimum Gasteiger partial charge on any atom is -0.298 e. The quantitative estimate of drug-likeness (QED) is 0.803. The maximum absolute atomic E-state index is 11.4. The SMILES string of the molecule is N#CC1C(=O)CCC1SCc1ccccc1. The van der Waals surface area contributed by atoms with Crippen molar-refractivity contribution >= 4 is 17.5 Å². The van der Waals surface area contributed by atoms with Crippen molar-refractivity contribution in [2.45, 2.75) is 23.8 Å². The smallest absolute Gasteiger partial charge is 0.151 e. The molecule has 16 heavy (non-hydrogen) atoms. The van der Waals surface area contributed by atoms with Crippen LogP contribution in [0.2, 0.25) is 0 Å². The summed E-state index contributed by atoms with van der Waals surface area (Å²) in [5, 5.41) is 9.11. The highest BCUT2D eigenvalue weighted by molar-refractivity contribution is 7.99. The molecular weight excluding hydrogens is 218 g/mol. The highest BCUT2D eigenvalue weighted by Crippen LogP contribution is 2.34. The van der Waals surface area contributed by atoms with Crippen molar-refractivity contribution in [3.63, 3.8) is 0 Å². The molecule has 0 aromatic heterocycles. The van der Waals surface area contributed by atoms with Gasteiger partial charge in [0, 0.05) is 17.4 Å². The number of rotatable bonds is 3. The first kappa shape index (κ1) is 11.2. The third-order valence-electron chi connectivity index (χ3n) is 2.84. The summed E-state index contributed by atoms with van der Waals surface area (Å²) < 4.78 is 0. The van der Waals surface area contributed by atoms with Crippen LogP contribution in [0.4, 0.5) is 0 Å². The Kier molecular flexibility index (Phi) is 3.63. The standard InChI is InChI=1S/C13H13NOS/c14-8-11-12(15)6-7-13(11)16-9-10-4-2-1-3-5-10/h1-5,11,13H,6-7,9H2. The zero-order chi connectivity index (χ0) is 11.4. The van der Waals surface area contributed by atoms with Crippen LogP contribution < -0.4 is 0 Å². The Bertz CT molecular complexity index is 410. The molecule has 1 fully saturated rings. The summed E-state index contributed by atoms with van der Waals surface area (Å²) in [5.74, 6) is 0.624. The van der Waals surface area contributed by atoms with Gasteiger partial charge in [0.25, 0.3) is 0 Å². The fraction of sp³-hybridized carbons (Fsp3) is 0.385. The van der Waals surface area contributed by atoms with E-state index in [0.717, 1.165) is 12.2 Å². The molecule has 82 valence electrons. The van der Waals surface area contributed by atoms with Crippen LogP contribution in [0.15, 0.2) is 30.3 Å². The molecule has 1 aliphatic rings. The Morgan fingerprint density at radius 3 is 2.81 bits per heavy atom. The summed E-state index contributed by atoms with van der Waals surface area (Å²) in [6.07, 6.45) is 1.43. The fourth-order valence-electron chi connectivity index (χ4n) is 1.93. The van der Waals surface area contributed by atoms with Crippen molar-refractivity contribution in [3.05, 3.63) is 35.9 Å². The number of hydrogen-bond donors (Lipinski definition) is 0. The Labute approximate surface area is 99.7 Å². The Balaban J connectivity index is 1.92. The number of nitrogens with zero attached hydrogens (tertiary/aromatic N) is 1. The molecule has 2 unspecified atom stereocenters. The van der Waals surface area contributed by atoms with E-state index in [1.165, 1.54) is 5.56 Å². The van der Waals surface area contributed by atoms with Gasteiger partial charge in [-0.15, -0.1) is 0 Å². The lowest BCUT2D eigenvalue weighted by molar-refractivity contribution is -0.119. The monoisotopic (exact) mass is 231 g/mol. The number of nitriles is 1. The van der Waals surface area contributed by atoms with E-state index in [1.54, 1.807) is 11.8 Å². The van der Waals surface area contributed by atoms with Crippen molar-refractivity contribution < 1.29 is 4.79 Å². The summed E-state index contributed by atoms with van der Waals surface area (Å²) in [6, 6.07) is 12.3. The van der Waals surface area contributed by atoms with E-state index < -0.39 is 0 Å². The minimum absolute atomic E-state index is 0.119. The lowest BCUT2D eigenvalue weighted by atomic mass is 10.1. The molecule has 0 spiro atoms. The molecule has 1 saturated carbocycles. The van der Waals surface area contributed by atoms with Crippen LogP contribution >= 0.6 is 11.8 Å². The van der Waals surface area contributed by atoms with Gasteiger partial charge < -0.3 is 0 Å². The second kappa shape index (κ2) is 5.18. The Morgan fingerprint density at radius 2 is 2.12 bits per heavy atom. The topological polar surface area (TPSA) is 40.9 Å². The predicted octanol–water partition coefficient (Wildman–Crippen LogP) is 2.79. The van der Waals surface area contributed by atoms with Crippen molar-refractivity contribution in [1.82, 2.24) is 0 Å². The molecule has 0 heterocycles. The fourth-order valence-corrected chi connectivity index (χ4v) is 3.21. The first-order valence-electron chi connectivity index (χ1n) is 5.39. The van der Waals surface area contributed by atoms with Crippen LogP contribution in [0.3, 0.4) is 0 Å². The maximum Gasteiger partial charge on any atom is 0.151 e. The molecule has 1 aromatic rings. The molecule has 0 radical (unpaired) electrons. The zero-order valence-electron chi connectivity index (χ0n) is 8.93. The summed E-state index contributed by atoms with van der Waals surface area (Å²) >= 11 is 1.73. The highest BCUT2D eigenvalue weighted by atomic mass is 32.2. The summed E-state index contributed by atoms with van der Waals surface area (Å²) in [6.45, 7) is 0. The number of thioether (sulfide) groups is 1. The van der Waals surface area contributed by atoms with Gasteiger partial charge in [-0.25, -0.2) is 0 Å². The lowest BCUT2D eigenvalue weighted by Gasteiger charge is -2.11. The first-order valence-corrected chi connectivity index (χ1v) is 6.44. The molecular formula is C13H13NOS. The molecule has 0 N–H and O–H groups in total. The van der Waals surface area contributed by atoms with E-state index in [1.807, 2.05) is 18.2 Å². The van der Waals surface area contributed by atoms with E-state index in [4.69, 9.17) is 5.26 Å². The van der Waals surface area contributed by atoms with Crippen LogP contribution in [-0.2, 0) is 10.5 Å². The van der Waals surface area contributed by atoms with Crippen LogP contribution in [-0.4, -0.2) is 11.0 Å². The van der Waals surface area contributed by atoms with Crippen molar-refractivity contribution in [1.29, 1.82) is 5.26 Å². The Hall–Kier alpha value is -1.27. The molecule has 0 aliphatic heterocycles. The predicted molar refractivity (Wildman–Crippen MR) is 64.9 cm³/mol. The van der Waals surface area contributed by atoms with Crippen molar-refractivity contribution in [2.75, 3.05) is 0 Å². The summed E-state index contributed by atoms with van der Waals surface area (Å²) in [7, 11) is 0. The van der Waals surface area contributed by atoms with E-state index in [-0.39, 0.29) is 17.0 Å². The van der Waals surface area contributed by atoms with E-state index in [0.29, 0.717) is 6.42 Å². The number of carbonyl (C=O) groups excluding carboxylic acids is 1. The molecule has 1 aliphatic carbocycles. The third kappa shape index (κ3) is 2.45. The van der Waals surface area contributed by atoms with Gasteiger partial charge >= 0.3 is 0 Å². The van der Waals surface area contributed by atoms with Crippen LogP contribution in [0.5, 0.6) is 0 Å². The van der Waals surface area contributed by atoms with Gasteiger partial charge in [-0.3, -0.25) is 4.79 Å². The number of benzene rings is 1. The van der Waals surface area contributed by atoms with Gasteiger partial charge in [0.15, 0.2) is 5.78 Å². The maximum atomic E-state index is 11.4. The summed E-state index contributed by atoms with van der Waals surface area (Å²) in [5.41, 5.74) is 1.25. The largest absolute Gasteiger partial charge is 0.298 e. The van der Waals surface area contributed by atoms with Gasteiger partial charge in [-0.05, 0) is 12.0 Å². The van der Waals surface area contributed by atoms with Crippen molar-refractivity contribution in [2.24, 2.45) is 5.92 Å². The minimum atomic E-state index is -0.381.